The molecule has 0 spiro atoms. The maximum Gasteiger partial charge on any atom is 0.282 e. The average molecular weight is 395 g/mol. The second-order valence-electron chi connectivity index (χ2n) is 6.14. The number of anilines is 1. The van der Waals surface area contributed by atoms with Gasteiger partial charge in [0.15, 0.2) is 0 Å². The summed E-state index contributed by atoms with van der Waals surface area (Å²) in [5, 5.41) is 0.586. The zero-order valence-corrected chi connectivity index (χ0v) is 15.2. The first-order valence-corrected chi connectivity index (χ1v) is 8.81. The Balaban J connectivity index is 1.81. The Bertz CT molecular complexity index is 1090. The lowest BCUT2D eigenvalue weighted by molar-refractivity contribution is -0.113. The molecule has 1 heterocycles. The summed E-state index contributed by atoms with van der Waals surface area (Å²) < 4.78 is 26.7. The number of amides is 1. The van der Waals surface area contributed by atoms with Crippen LogP contribution in [0.2, 0.25) is 5.02 Å². The molecule has 0 aliphatic carbocycles. The number of nitrogens with zero attached hydrogens (tertiary/aromatic N) is 2. The van der Waals surface area contributed by atoms with Crippen molar-refractivity contribution in [3.05, 3.63) is 106 Å². The number of benzene rings is 3. The van der Waals surface area contributed by atoms with E-state index in [-0.39, 0.29) is 17.4 Å². The lowest BCUT2D eigenvalue weighted by atomic mass is 10.1. The summed E-state index contributed by atoms with van der Waals surface area (Å²) in [7, 11) is 0. The van der Waals surface area contributed by atoms with Crippen molar-refractivity contribution in [2.24, 2.45) is 4.99 Å². The number of carbonyl (C=O) groups is 1. The Kier molecular flexibility index (Phi) is 4.75. The highest BCUT2D eigenvalue weighted by molar-refractivity contribution is 6.33. The first-order valence-electron chi connectivity index (χ1n) is 8.43. The van der Waals surface area contributed by atoms with Crippen LogP contribution in [0.4, 0.5) is 14.5 Å². The molecule has 138 valence electrons. The fourth-order valence-electron chi connectivity index (χ4n) is 2.86. The largest absolute Gasteiger partial charge is 0.282 e. The summed E-state index contributed by atoms with van der Waals surface area (Å²) in [5.74, 6) is -0.816. The molecule has 3 aromatic carbocycles. The highest BCUT2D eigenvalue weighted by Gasteiger charge is 2.32. The molecular formula is C22H13ClF2N2O. The Hall–Kier alpha value is -3.31. The van der Waals surface area contributed by atoms with Gasteiger partial charge in [-0.25, -0.2) is 13.8 Å². The summed E-state index contributed by atoms with van der Waals surface area (Å²) in [4.78, 5) is 18.9. The van der Waals surface area contributed by atoms with Gasteiger partial charge in [-0.05, 0) is 72.3 Å². The van der Waals surface area contributed by atoms with Crippen molar-refractivity contribution in [2.75, 3.05) is 4.90 Å². The Morgan fingerprint density at radius 3 is 2.00 bits per heavy atom. The molecule has 0 unspecified atom stereocenters. The smallest absolute Gasteiger partial charge is 0.266 e. The summed E-state index contributed by atoms with van der Waals surface area (Å²) in [5.41, 5.74) is 2.01. The van der Waals surface area contributed by atoms with E-state index in [9.17, 15) is 13.6 Å². The molecule has 0 atom stereocenters. The van der Waals surface area contributed by atoms with Crippen molar-refractivity contribution in [3.63, 3.8) is 0 Å². The van der Waals surface area contributed by atoms with Gasteiger partial charge in [0.1, 0.15) is 23.2 Å². The number of carbonyl (C=O) groups excluding carboxylic acids is 1. The molecule has 0 fully saturated rings. The molecule has 1 aliphatic rings. The molecule has 4 rings (SSSR count). The van der Waals surface area contributed by atoms with Crippen molar-refractivity contribution in [3.8, 4) is 0 Å². The Morgan fingerprint density at radius 2 is 1.39 bits per heavy atom. The minimum absolute atomic E-state index is 0.214. The van der Waals surface area contributed by atoms with Crippen LogP contribution in [-0.4, -0.2) is 11.7 Å². The molecule has 3 aromatic rings. The van der Waals surface area contributed by atoms with Crippen LogP contribution in [0.1, 0.15) is 11.1 Å². The van der Waals surface area contributed by atoms with Crippen molar-refractivity contribution in [1.29, 1.82) is 0 Å². The molecule has 1 amide bonds. The van der Waals surface area contributed by atoms with Gasteiger partial charge in [0.25, 0.3) is 5.91 Å². The summed E-state index contributed by atoms with van der Waals surface area (Å²) in [6.07, 6.45) is 1.64. The van der Waals surface area contributed by atoms with Gasteiger partial charge in [-0.3, -0.25) is 9.69 Å². The lowest BCUT2D eigenvalue weighted by Crippen LogP contribution is -2.32. The third-order valence-corrected chi connectivity index (χ3v) is 4.47. The topological polar surface area (TPSA) is 32.7 Å². The van der Waals surface area contributed by atoms with E-state index in [2.05, 4.69) is 4.99 Å². The molecule has 1 aliphatic heterocycles. The van der Waals surface area contributed by atoms with E-state index in [1.54, 1.807) is 42.5 Å². The minimum atomic E-state index is -0.410. The number of hydrogen-bond acceptors (Lipinski definition) is 2. The highest BCUT2D eigenvalue weighted by atomic mass is 35.5. The number of rotatable bonds is 3. The molecule has 6 heteroatoms. The molecule has 0 bridgehead atoms. The van der Waals surface area contributed by atoms with Gasteiger partial charge >= 0.3 is 0 Å². The van der Waals surface area contributed by atoms with E-state index >= 15 is 0 Å². The fourth-order valence-corrected chi connectivity index (χ4v) is 2.98. The first-order chi connectivity index (χ1) is 13.5. The van der Waals surface area contributed by atoms with Gasteiger partial charge in [0.2, 0.25) is 0 Å². The molecule has 0 aromatic heterocycles. The predicted molar refractivity (Wildman–Crippen MR) is 106 cm³/mol. The number of hydrogen-bond donors (Lipinski definition) is 0. The Morgan fingerprint density at radius 1 is 0.821 bits per heavy atom. The highest BCUT2D eigenvalue weighted by Crippen LogP contribution is 2.28. The summed E-state index contributed by atoms with van der Waals surface area (Å²) in [6, 6.07) is 18.2. The van der Waals surface area contributed by atoms with Crippen LogP contribution in [0.25, 0.3) is 6.08 Å². The third kappa shape index (κ3) is 3.57. The van der Waals surface area contributed by atoms with Gasteiger partial charge < -0.3 is 0 Å². The van der Waals surface area contributed by atoms with Crippen LogP contribution >= 0.6 is 11.6 Å². The van der Waals surface area contributed by atoms with E-state index in [1.165, 1.54) is 41.3 Å². The monoisotopic (exact) mass is 394 g/mol. The minimum Gasteiger partial charge on any atom is -0.266 e. The van der Waals surface area contributed by atoms with Crippen LogP contribution in [0.5, 0.6) is 0 Å². The zero-order valence-electron chi connectivity index (χ0n) is 14.4. The quantitative estimate of drug-likeness (QED) is 0.543. The Labute approximate surface area is 165 Å². The van der Waals surface area contributed by atoms with Crippen molar-refractivity contribution < 1.29 is 13.6 Å². The van der Waals surface area contributed by atoms with Crippen LogP contribution in [0.15, 0.2) is 83.5 Å². The van der Waals surface area contributed by atoms with E-state index in [0.717, 1.165) is 5.56 Å². The van der Waals surface area contributed by atoms with Gasteiger partial charge in [-0.2, -0.15) is 0 Å². The molecular weight excluding hydrogens is 382 g/mol. The van der Waals surface area contributed by atoms with E-state index in [4.69, 9.17) is 11.6 Å². The summed E-state index contributed by atoms with van der Waals surface area (Å²) in [6.45, 7) is 0. The maximum absolute atomic E-state index is 13.3. The summed E-state index contributed by atoms with van der Waals surface area (Å²) >= 11 is 5.90. The second kappa shape index (κ2) is 7.37. The van der Waals surface area contributed by atoms with Gasteiger partial charge in [0.05, 0.1) is 5.69 Å². The van der Waals surface area contributed by atoms with Crippen LogP contribution < -0.4 is 4.90 Å². The van der Waals surface area contributed by atoms with Crippen LogP contribution in [0.3, 0.4) is 0 Å². The normalized spacial score (nSPS) is 15.2. The molecule has 0 radical (unpaired) electrons. The number of halogens is 3. The van der Waals surface area contributed by atoms with E-state index in [0.29, 0.717) is 22.1 Å². The SMILES string of the molecule is O=C1/C(=C\c2ccc(Cl)cc2)N=C(c2ccc(F)cc2)N1c1ccc(F)cc1. The molecule has 0 saturated heterocycles. The molecule has 0 saturated carbocycles. The number of amidine groups is 1. The standard InChI is InChI=1S/C22H13ClF2N2O/c23-16-5-1-14(2-6-16)13-20-22(28)27(19-11-9-18(25)10-12-19)21(26-20)15-3-7-17(24)8-4-15/h1-13H/b20-13+. The van der Waals surface area contributed by atoms with Crippen LogP contribution in [0, 0.1) is 11.6 Å². The molecule has 0 N–H and O–H groups in total. The van der Waals surface area contributed by atoms with E-state index in [1.807, 2.05) is 0 Å². The zero-order chi connectivity index (χ0) is 19.7. The maximum atomic E-state index is 13.3. The lowest BCUT2D eigenvalue weighted by Gasteiger charge is -2.18. The second-order valence-corrected chi connectivity index (χ2v) is 6.58. The van der Waals surface area contributed by atoms with Crippen molar-refractivity contribution in [2.45, 2.75) is 0 Å². The molecule has 3 nitrogen and oxygen atoms in total. The van der Waals surface area contributed by atoms with Gasteiger partial charge in [-0.1, -0.05) is 23.7 Å². The van der Waals surface area contributed by atoms with Crippen molar-refractivity contribution >= 4 is 35.1 Å². The van der Waals surface area contributed by atoms with Crippen molar-refractivity contribution in [1.82, 2.24) is 0 Å². The number of aliphatic imine (C=N–C) groups is 1. The fraction of sp³-hybridized carbons (Fsp3) is 0. The van der Waals surface area contributed by atoms with Gasteiger partial charge in [0, 0.05) is 10.6 Å². The van der Waals surface area contributed by atoms with Crippen LogP contribution in [-0.2, 0) is 4.79 Å². The first kappa shape index (κ1) is 18.1. The van der Waals surface area contributed by atoms with E-state index < -0.39 is 5.82 Å². The predicted octanol–water partition coefficient (Wildman–Crippen LogP) is 5.45. The average Bonchev–Trinajstić information content (AvgIpc) is 3.01. The van der Waals surface area contributed by atoms with Gasteiger partial charge in [-0.15, -0.1) is 0 Å². The third-order valence-electron chi connectivity index (χ3n) is 4.22. The molecule has 28 heavy (non-hydrogen) atoms.